The van der Waals surface area contributed by atoms with E-state index in [1.54, 1.807) is 0 Å². The molecule has 0 atom stereocenters. The molecule has 0 spiro atoms. The zero-order chi connectivity index (χ0) is 23.4. The molecule has 1 aliphatic rings. The lowest BCUT2D eigenvalue weighted by molar-refractivity contribution is 1.65. The van der Waals surface area contributed by atoms with Crippen molar-refractivity contribution in [3.63, 3.8) is 0 Å². The summed E-state index contributed by atoms with van der Waals surface area (Å²) < 4.78 is 0. The predicted molar refractivity (Wildman–Crippen MR) is 155 cm³/mol. The van der Waals surface area contributed by atoms with Gasteiger partial charge in [0, 0.05) is 0 Å². The van der Waals surface area contributed by atoms with Crippen molar-refractivity contribution in [1.29, 1.82) is 0 Å². The molecule has 0 amide bonds. The zero-order valence-electron chi connectivity index (χ0n) is 19.5. The smallest absolute Gasteiger partial charge is 0.000741 e. The Bertz CT molecular complexity index is 2180. The molecule has 0 aliphatic heterocycles. The minimum Gasteiger partial charge on any atom is -0.0622 e. The number of rotatable bonds is 1. The van der Waals surface area contributed by atoms with E-state index in [2.05, 4.69) is 121 Å². The second kappa shape index (κ2) is 6.50. The summed E-state index contributed by atoms with van der Waals surface area (Å²) in [7, 11) is 0. The quantitative estimate of drug-likeness (QED) is 0.172. The molecule has 164 valence electrons. The van der Waals surface area contributed by atoms with Crippen molar-refractivity contribution < 1.29 is 0 Å². The van der Waals surface area contributed by atoms with Crippen molar-refractivity contribution in [3.8, 4) is 33.4 Å². The highest BCUT2D eigenvalue weighted by Gasteiger charge is 2.28. The topological polar surface area (TPSA) is 0 Å². The Labute approximate surface area is 208 Å². The van der Waals surface area contributed by atoms with Crippen LogP contribution in [0.2, 0.25) is 0 Å². The van der Waals surface area contributed by atoms with Crippen LogP contribution in [0.3, 0.4) is 0 Å². The summed E-state index contributed by atoms with van der Waals surface area (Å²) in [5.41, 5.74) is 8.04. The van der Waals surface area contributed by atoms with E-state index in [0.29, 0.717) is 0 Å². The summed E-state index contributed by atoms with van der Waals surface area (Å²) in [6.45, 7) is 0. The van der Waals surface area contributed by atoms with Gasteiger partial charge in [-0.15, -0.1) is 0 Å². The summed E-state index contributed by atoms with van der Waals surface area (Å²) in [5.74, 6) is 0. The molecule has 8 aromatic rings. The van der Waals surface area contributed by atoms with Crippen molar-refractivity contribution in [1.82, 2.24) is 0 Å². The molecular weight excluding hydrogens is 432 g/mol. The van der Waals surface area contributed by atoms with Gasteiger partial charge >= 0.3 is 0 Å². The molecule has 1 aliphatic carbocycles. The minimum absolute atomic E-state index is 1.27. The van der Waals surface area contributed by atoms with E-state index in [1.807, 2.05) is 0 Å². The summed E-state index contributed by atoms with van der Waals surface area (Å²) in [6, 6.07) is 45.3. The summed E-state index contributed by atoms with van der Waals surface area (Å²) in [5, 5.41) is 13.3. The molecule has 0 N–H and O–H groups in total. The SMILES string of the molecule is c1ccc(-c2cc3ccc4cccc5cc6c(c2-c2cc7cc8ccccc8cc7cc2-6)c3c45)cc1. The molecule has 0 fully saturated rings. The molecule has 0 nitrogen and oxygen atoms in total. The van der Waals surface area contributed by atoms with E-state index < -0.39 is 0 Å². The Morgan fingerprint density at radius 3 is 1.67 bits per heavy atom. The maximum Gasteiger partial charge on any atom is -0.000741 e. The van der Waals surface area contributed by atoms with Crippen LogP contribution in [0.4, 0.5) is 0 Å². The minimum atomic E-state index is 1.27. The molecule has 0 saturated heterocycles. The Morgan fingerprint density at radius 1 is 0.278 bits per heavy atom. The maximum atomic E-state index is 2.44. The van der Waals surface area contributed by atoms with Gasteiger partial charge in [-0.3, -0.25) is 0 Å². The lowest BCUT2D eigenvalue weighted by atomic mass is 9.87. The van der Waals surface area contributed by atoms with Gasteiger partial charge in [-0.05, 0) is 124 Å². The van der Waals surface area contributed by atoms with E-state index in [4.69, 9.17) is 0 Å². The highest BCUT2D eigenvalue weighted by Crippen LogP contribution is 2.55. The van der Waals surface area contributed by atoms with E-state index in [-0.39, 0.29) is 0 Å². The first-order chi connectivity index (χ1) is 17.8. The molecule has 9 rings (SSSR count). The third kappa shape index (κ3) is 2.29. The van der Waals surface area contributed by atoms with Gasteiger partial charge in [0.1, 0.15) is 0 Å². The zero-order valence-corrected chi connectivity index (χ0v) is 19.5. The first-order valence-corrected chi connectivity index (χ1v) is 12.6. The Balaban J connectivity index is 1.52. The summed E-state index contributed by atoms with van der Waals surface area (Å²) in [6.07, 6.45) is 0. The van der Waals surface area contributed by atoms with Gasteiger partial charge in [0.05, 0.1) is 0 Å². The molecule has 0 bridgehead atoms. The number of fused-ring (bicyclic) bond motifs is 5. The lowest BCUT2D eigenvalue weighted by Crippen LogP contribution is -1.89. The highest BCUT2D eigenvalue weighted by molar-refractivity contribution is 6.34. The second-order valence-electron chi connectivity index (χ2n) is 10.2. The number of hydrogen-bond donors (Lipinski definition) is 0. The average Bonchev–Trinajstić information content (AvgIpc) is 3.24. The van der Waals surface area contributed by atoms with Gasteiger partial charge in [0.25, 0.3) is 0 Å². The maximum absolute atomic E-state index is 2.44. The largest absolute Gasteiger partial charge is 0.0622 e. The van der Waals surface area contributed by atoms with Crippen LogP contribution in [-0.2, 0) is 0 Å². The molecule has 0 radical (unpaired) electrons. The van der Waals surface area contributed by atoms with Crippen LogP contribution >= 0.6 is 0 Å². The van der Waals surface area contributed by atoms with Crippen molar-refractivity contribution in [2.75, 3.05) is 0 Å². The normalized spacial score (nSPS) is 12.4. The summed E-state index contributed by atoms with van der Waals surface area (Å²) >= 11 is 0. The van der Waals surface area contributed by atoms with Crippen molar-refractivity contribution in [3.05, 3.63) is 121 Å². The lowest BCUT2D eigenvalue weighted by Gasteiger charge is -2.16. The monoisotopic (exact) mass is 452 g/mol. The first kappa shape index (κ1) is 18.6. The third-order valence-corrected chi connectivity index (χ3v) is 8.23. The number of hydrogen-bond acceptors (Lipinski definition) is 0. The Hall–Kier alpha value is -4.68. The molecule has 8 aromatic carbocycles. The van der Waals surface area contributed by atoms with E-state index in [9.17, 15) is 0 Å². The first-order valence-electron chi connectivity index (χ1n) is 12.6. The van der Waals surface area contributed by atoms with Crippen LogP contribution in [0.5, 0.6) is 0 Å². The second-order valence-corrected chi connectivity index (χ2v) is 10.2. The fourth-order valence-electron chi connectivity index (χ4n) is 6.68. The fraction of sp³-hybridized carbons (Fsp3) is 0. The van der Waals surface area contributed by atoms with Crippen LogP contribution in [0, 0.1) is 0 Å². The van der Waals surface area contributed by atoms with E-state index in [0.717, 1.165) is 0 Å². The standard InChI is InChI=1S/C36H20/c1-2-7-21(8-3-1)29-17-26-14-13-22-11-6-12-25-18-32-30-19-27-15-23-9-4-5-10-24(23)16-28(27)20-31(30)35(29)36(32)34(26)33(22)25/h1-20H. The van der Waals surface area contributed by atoms with Crippen LogP contribution in [0.25, 0.3) is 87.2 Å². The van der Waals surface area contributed by atoms with E-state index in [1.165, 1.54) is 87.2 Å². The van der Waals surface area contributed by atoms with Crippen molar-refractivity contribution >= 4 is 53.9 Å². The Morgan fingerprint density at radius 2 is 0.861 bits per heavy atom. The van der Waals surface area contributed by atoms with Gasteiger partial charge in [-0.2, -0.15) is 0 Å². The third-order valence-electron chi connectivity index (χ3n) is 8.23. The van der Waals surface area contributed by atoms with Gasteiger partial charge in [0.15, 0.2) is 0 Å². The van der Waals surface area contributed by atoms with Crippen LogP contribution < -0.4 is 0 Å². The van der Waals surface area contributed by atoms with E-state index >= 15 is 0 Å². The molecule has 0 aromatic heterocycles. The molecule has 0 heterocycles. The fourth-order valence-corrected chi connectivity index (χ4v) is 6.68. The molecule has 0 heteroatoms. The van der Waals surface area contributed by atoms with Gasteiger partial charge in [-0.1, -0.05) is 84.9 Å². The number of benzene rings is 8. The van der Waals surface area contributed by atoms with Crippen LogP contribution in [0.15, 0.2) is 121 Å². The molecule has 36 heavy (non-hydrogen) atoms. The average molecular weight is 453 g/mol. The summed E-state index contributed by atoms with van der Waals surface area (Å²) in [4.78, 5) is 0. The van der Waals surface area contributed by atoms with Gasteiger partial charge in [-0.25, -0.2) is 0 Å². The Kier molecular flexibility index (Phi) is 3.36. The van der Waals surface area contributed by atoms with Crippen molar-refractivity contribution in [2.24, 2.45) is 0 Å². The van der Waals surface area contributed by atoms with Crippen molar-refractivity contribution in [2.45, 2.75) is 0 Å². The van der Waals surface area contributed by atoms with Crippen LogP contribution in [0.1, 0.15) is 0 Å². The predicted octanol–water partition coefficient (Wildman–Crippen LogP) is 10.2. The van der Waals surface area contributed by atoms with Crippen LogP contribution in [-0.4, -0.2) is 0 Å². The van der Waals surface area contributed by atoms with Gasteiger partial charge < -0.3 is 0 Å². The van der Waals surface area contributed by atoms with Gasteiger partial charge in [0.2, 0.25) is 0 Å². The molecular formula is C36H20. The molecule has 0 unspecified atom stereocenters. The highest BCUT2D eigenvalue weighted by atomic mass is 14.3. The molecule has 0 saturated carbocycles.